The summed E-state index contributed by atoms with van der Waals surface area (Å²) in [6, 6.07) is 9.99. The number of hydrogen-bond donors (Lipinski definition) is 1. The minimum absolute atomic E-state index is 0.239. The fourth-order valence-corrected chi connectivity index (χ4v) is 4.46. The van der Waals surface area contributed by atoms with E-state index in [1.807, 2.05) is 31.2 Å². The van der Waals surface area contributed by atoms with E-state index in [-0.39, 0.29) is 11.1 Å². The van der Waals surface area contributed by atoms with Crippen molar-refractivity contribution in [3.05, 3.63) is 64.2 Å². The third kappa shape index (κ3) is 4.22. The van der Waals surface area contributed by atoms with E-state index in [4.69, 9.17) is 19.6 Å². The Hall–Kier alpha value is -3.08. The van der Waals surface area contributed by atoms with Gasteiger partial charge in [0, 0.05) is 29.2 Å². The van der Waals surface area contributed by atoms with Gasteiger partial charge >= 0.3 is 5.97 Å². The van der Waals surface area contributed by atoms with E-state index in [1.54, 1.807) is 6.08 Å². The van der Waals surface area contributed by atoms with Crippen LogP contribution >= 0.6 is 0 Å². The van der Waals surface area contributed by atoms with Crippen LogP contribution in [0.5, 0.6) is 11.5 Å². The Bertz CT molecular complexity index is 1090. The molecule has 1 N–H and O–H groups in total. The molecule has 0 saturated carbocycles. The third-order valence-corrected chi connectivity index (χ3v) is 5.58. The maximum atomic E-state index is 10.8. The molecule has 2 heterocycles. The Morgan fingerprint density at radius 2 is 1.90 bits per heavy atom. The minimum atomic E-state index is -0.959. The van der Waals surface area contributed by atoms with Crippen molar-refractivity contribution in [2.45, 2.75) is 58.6 Å². The first-order valence-electron chi connectivity index (χ1n) is 10.7. The van der Waals surface area contributed by atoms with Crippen LogP contribution in [-0.4, -0.2) is 34.5 Å². The quantitative estimate of drug-likeness (QED) is 0.687. The summed E-state index contributed by atoms with van der Waals surface area (Å²) >= 11 is 0. The lowest BCUT2D eigenvalue weighted by molar-refractivity contribution is -0.131. The zero-order valence-electron chi connectivity index (χ0n) is 18.8. The highest BCUT2D eigenvalue weighted by atomic mass is 16.5. The molecule has 2 aliphatic rings. The fourth-order valence-electron chi connectivity index (χ4n) is 4.46. The molecule has 31 heavy (non-hydrogen) atoms. The summed E-state index contributed by atoms with van der Waals surface area (Å²) in [4.78, 5) is 15.9. The number of benzene rings is 2. The van der Waals surface area contributed by atoms with Gasteiger partial charge in [0.05, 0.1) is 17.9 Å². The molecule has 4 rings (SSSR count). The van der Waals surface area contributed by atoms with Crippen LogP contribution in [0.25, 0.3) is 6.08 Å². The third-order valence-electron chi connectivity index (χ3n) is 5.58. The normalized spacial score (nSPS) is 18.2. The maximum Gasteiger partial charge on any atom is 0.328 e. The van der Waals surface area contributed by atoms with Crippen LogP contribution in [0, 0.1) is 0 Å². The highest BCUT2D eigenvalue weighted by Gasteiger charge is 2.39. The van der Waals surface area contributed by atoms with Gasteiger partial charge in [-0.15, -0.1) is 0 Å². The average Bonchev–Trinajstić information content (AvgIpc) is 3.01. The molecular formula is C26H29NO4. The molecule has 162 valence electrons. The Morgan fingerprint density at radius 1 is 1.19 bits per heavy atom. The zero-order chi connectivity index (χ0) is 22.4. The first-order valence-corrected chi connectivity index (χ1v) is 10.7. The molecule has 2 aromatic rings. The number of carbonyl (C=O) groups is 1. The second-order valence-corrected chi connectivity index (χ2v) is 9.43. The molecule has 5 nitrogen and oxygen atoms in total. The van der Waals surface area contributed by atoms with Crippen molar-refractivity contribution in [1.29, 1.82) is 0 Å². The van der Waals surface area contributed by atoms with Gasteiger partial charge in [-0.2, -0.15) is 0 Å². The molecule has 2 aliphatic heterocycles. The van der Waals surface area contributed by atoms with Crippen LogP contribution in [-0.2, 0) is 17.6 Å². The van der Waals surface area contributed by atoms with Gasteiger partial charge in [-0.3, -0.25) is 4.99 Å². The summed E-state index contributed by atoms with van der Waals surface area (Å²) in [5, 5.41) is 8.86. The maximum absolute atomic E-state index is 10.8. The minimum Gasteiger partial charge on any atom is -0.490 e. The molecule has 0 aromatic heterocycles. The molecule has 0 aliphatic carbocycles. The van der Waals surface area contributed by atoms with E-state index >= 15 is 0 Å². The summed E-state index contributed by atoms with van der Waals surface area (Å²) in [5.74, 6) is 0.687. The van der Waals surface area contributed by atoms with Crippen molar-refractivity contribution < 1.29 is 19.4 Å². The molecule has 2 aromatic carbocycles. The topological polar surface area (TPSA) is 68.1 Å². The van der Waals surface area contributed by atoms with Gasteiger partial charge in [0.25, 0.3) is 0 Å². The van der Waals surface area contributed by atoms with E-state index in [2.05, 4.69) is 33.8 Å². The van der Waals surface area contributed by atoms with E-state index in [1.165, 1.54) is 5.56 Å². The van der Waals surface area contributed by atoms with E-state index < -0.39 is 5.97 Å². The first kappa shape index (κ1) is 21.2. The number of carboxylic acid groups (broad SMARTS) is 1. The number of carboxylic acids is 1. The largest absolute Gasteiger partial charge is 0.490 e. The van der Waals surface area contributed by atoms with Crippen LogP contribution in [0.4, 0.5) is 0 Å². The van der Waals surface area contributed by atoms with Gasteiger partial charge < -0.3 is 14.6 Å². The summed E-state index contributed by atoms with van der Waals surface area (Å²) in [5.41, 5.74) is 5.81. The molecule has 0 bridgehead atoms. The lowest BCUT2D eigenvalue weighted by atomic mass is 9.81. The predicted octanol–water partition coefficient (Wildman–Crippen LogP) is 5.07. The Balaban J connectivity index is 1.85. The van der Waals surface area contributed by atoms with Crippen LogP contribution in [0.2, 0.25) is 0 Å². The summed E-state index contributed by atoms with van der Waals surface area (Å²) in [6.07, 6.45) is 4.37. The van der Waals surface area contributed by atoms with E-state index in [9.17, 15) is 4.79 Å². The standard InChI is InChI=1S/C26H29NO4/c1-6-30-20-13-18-14-25(2,3)27-23(22(18)19-15-26(4,5)31-24(19)20)17-10-7-16(8-11-17)9-12-21(28)29/h7-13H,6,14-15H2,1-5H3,(H,28,29). The molecule has 0 unspecified atom stereocenters. The summed E-state index contributed by atoms with van der Waals surface area (Å²) in [6.45, 7) is 11.1. The summed E-state index contributed by atoms with van der Waals surface area (Å²) in [7, 11) is 0. The molecule has 0 atom stereocenters. The number of hydrogen-bond acceptors (Lipinski definition) is 4. The van der Waals surface area contributed by atoms with E-state index in [0.717, 1.165) is 58.4 Å². The van der Waals surface area contributed by atoms with Crippen molar-refractivity contribution in [2.24, 2.45) is 4.99 Å². The van der Waals surface area contributed by atoms with Crippen LogP contribution in [0.3, 0.4) is 0 Å². The van der Waals surface area contributed by atoms with Gasteiger partial charge in [-0.25, -0.2) is 4.79 Å². The monoisotopic (exact) mass is 419 g/mol. The zero-order valence-corrected chi connectivity index (χ0v) is 18.8. The smallest absolute Gasteiger partial charge is 0.328 e. The van der Waals surface area contributed by atoms with Crippen molar-refractivity contribution in [2.75, 3.05) is 6.61 Å². The Kier molecular flexibility index (Phi) is 5.16. The van der Waals surface area contributed by atoms with Gasteiger partial charge in [0.15, 0.2) is 11.5 Å². The van der Waals surface area contributed by atoms with Crippen LogP contribution in [0.1, 0.15) is 62.4 Å². The number of aliphatic carboxylic acids is 1. The Labute approximate surface area is 183 Å². The van der Waals surface area contributed by atoms with Gasteiger partial charge in [0.2, 0.25) is 0 Å². The van der Waals surface area contributed by atoms with Crippen LogP contribution in [0.15, 0.2) is 41.4 Å². The van der Waals surface area contributed by atoms with Crippen LogP contribution < -0.4 is 9.47 Å². The molecule has 0 saturated heterocycles. The molecule has 0 fully saturated rings. The SMILES string of the molecule is CCOc1cc2c(c3c1OC(C)(C)C3)C(c1ccc(C=CC(=O)O)cc1)=NC(C)(C)C2. The first-order chi connectivity index (χ1) is 14.6. The second kappa shape index (κ2) is 7.56. The Morgan fingerprint density at radius 3 is 2.55 bits per heavy atom. The van der Waals surface area contributed by atoms with Gasteiger partial charge in [-0.05, 0) is 64.3 Å². The van der Waals surface area contributed by atoms with Crippen molar-refractivity contribution >= 4 is 17.8 Å². The molecule has 0 radical (unpaired) electrons. The lowest BCUT2D eigenvalue weighted by Gasteiger charge is -2.31. The number of nitrogens with zero attached hydrogens (tertiary/aromatic N) is 1. The van der Waals surface area contributed by atoms with Crippen molar-refractivity contribution in [3.63, 3.8) is 0 Å². The summed E-state index contributed by atoms with van der Waals surface area (Å²) < 4.78 is 12.3. The number of ether oxygens (including phenoxy) is 2. The van der Waals surface area contributed by atoms with Crippen molar-refractivity contribution in [1.82, 2.24) is 0 Å². The molecule has 5 heteroatoms. The second-order valence-electron chi connectivity index (χ2n) is 9.43. The number of aliphatic imine (C=N–C) groups is 1. The highest BCUT2D eigenvalue weighted by molar-refractivity contribution is 6.16. The van der Waals surface area contributed by atoms with Gasteiger partial charge in [0.1, 0.15) is 5.60 Å². The molecule has 0 amide bonds. The lowest BCUT2D eigenvalue weighted by Crippen LogP contribution is -2.30. The van der Waals surface area contributed by atoms with Crippen molar-refractivity contribution in [3.8, 4) is 11.5 Å². The van der Waals surface area contributed by atoms with Gasteiger partial charge in [-0.1, -0.05) is 24.3 Å². The molecule has 0 spiro atoms. The molecular weight excluding hydrogens is 390 g/mol. The number of fused-ring (bicyclic) bond motifs is 3. The average molecular weight is 420 g/mol. The van der Waals surface area contributed by atoms with E-state index in [0.29, 0.717) is 6.61 Å². The number of rotatable bonds is 5. The fraction of sp³-hybridized carbons (Fsp3) is 0.385. The predicted molar refractivity (Wildman–Crippen MR) is 123 cm³/mol. The highest BCUT2D eigenvalue weighted by Crippen LogP contribution is 2.48.